The Balaban J connectivity index is 1.77. The standard InChI is InChI=1S/C20H25F3N2O3/c1-13-15(19(27)28)8-5-9-25(13)18(26)16-11-24(12-17(16)20(21,22)23)10-14-6-3-2-4-7-14/h2-4,6-7,13,15-17H,5,8-12H2,1H3,(H,27,28)/t13-,15-,16-,17-/m1/s1. The van der Waals surface area contributed by atoms with Gasteiger partial charge >= 0.3 is 12.1 Å². The summed E-state index contributed by atoms with van der Waals surface area (Å²) in [7, 11) is 0. The van der Waals surface area contributed by atoms with Crippen molar-refractivity contribution in [3.63, 3.8) is 0 Å². The molecule has 2 aliphatic rings. The summed E-state index contributed by atoms with van der Waals surface area (Å²) in [6.07, 6.45) is -3.55. The summed E-state index contributed by atoms with van der Waals surface area (Å²) in [6.45, 7) is 2.08. The molecule has 1 aromatic carbocycles. The number of rotatable bonds is 4. The zero-order chi connectivity index (χ0) is 20.5. The van der Waals surface area contributed by atoms with Crippen molar-refractivity contribution in [3.05, 3.63) is 35.9 Å². The molecule has 0 radical (unpaired) electrons. The zero-order valence-electron chi connectivity index (χ0n) is 15.7. The molecule has 2 fully saturated rings. The van der Waals surface area contributed by atoms with E-state index in [-0.39, 0.29) is 13.1 Å². The van der Waals surface area contributed by atoms with Gasteiger partial charge in [-0.1, -0.05) is 30.3 Å². The van der Waals surface area contributed by atoms with Crippen molar-refractivity contribution in [2.24, 2.45) is 17.8 Å². The van der Waals surface area contributed by atoms with Gasteiger partial charge in [0.2, 0.25) is 5.91 Å². The first kappa shape index (κ1) is 20.6. The molecule has 4 atom stereocenters. The number of carbonyl (C=O) groups excluding carboxylic acids is 1. The van der Waals surface area contributed by atoms with E-state index < -0.39 is 41.8 Å². The molecule has 0 aromatic heterocycles. The maximum atomic E-state index is 13.7. The van der Waals surface area contributed by atoms with Gasteiger partial charge in [0.05, 0.1) is 17.8 Å². The first-order valence-electron chi connectivity index (χ1n) is 9.54. The highest BCUT2D eigenvalue weighted by Crippen LogP contribution is 2.40. The maximum absolute atomic E-state index is 13.7. The summed E-state index contributed by atoms with van der Waals surface area (Å²) in [4.78, 5) is 27.5. The Morgan fingerprint density at radius 1 is 1.14 bits per heavy atom. The number of carbonyl (C=O) groups is 2. The highest BCUT2D eigenvalue weighted by atomic mass is 19.4. The number of aliphatic carboxylic acids is 1. The van der Waals surface area contributed by atoms with Crippen molar-refractivity contribution in [2.45, 2.75) is 38.5 Å². The van der Waals surface area contributed by atoms with Gasteiger partial charge in [-0.3, -0.25) is 14.5 Å². The van der Waals surface area contributed by atoms with Crippen LogP contribution in [0.1, 0.15) is 25.3 Å². The van der Waals surface area contributed by atoms with Crippen LogP contribution in [0.15, 0.2) is 30.3 Å². The van der Waals surface area contributed by atoms with Crippen LogP contribution >= 0.6 is 0 Å². The molecule has 0 aliphatic carbocycles. The molecule has 0 saturated carbocycles. The minimum atomic E-state index is -4.48. The van der Waals surface area contributed by atoms with Gasteiger partial charge < -0.3 is 10.0 Å². The number of benzene rings is 1. The van der Waals surface area contributed by atoms with Gasteiger partial charge in [0.1, 0.15) is 0 Å². The Morgan fingerprint density at radius 2 is 1.82 bits per heavy atom. The first-order chi connectivity index (χ1) is 13.2. The van der Waals surface area contributed by atoms with Crippen molar-refractivity contribution in [2.75, 3.05) is 19.6 Å². The van der Waals surface area contributed by atoms with E-state index in [1.807, 2.05) is 30.3 Å². The quantitative estimate of drug-likeness (QED) is 0.847. The molecule has 5 nitrogen and oxygen atoms in total. The molecule has 0 unspecified atom stereocenters. The van der Waals surface area contributed by atoms with Crippen LogP contribution in [0.25, 0.3) is 0 Å². The number of halogens is 3. The normalized spacial score (nSPS) is 29.1. The summed E-state index contributed by atoms with van der Waals surface area (Å²) < 4.78 is 41.0. The molecule has 0 bridgehead atoms. The minimum absolute atomic E-state index is 0.0266. The van der Waals surface area contributed by atoms with Gasteiger partial charge in [0.25, 0.3) is 0 Å². The van der Waals surface area contributed by atoms with Crippen LogP contribution in [0.3, 0.4) is 0 Å². The highest BCUT2D eigenvalue weighted by Gasteiger charge is 2.53. The maximum Gasteiger partial charge on any atom is 0.393 e. The van der Waals surface area contributed by atoms with Gasteiger partial charge in [0, 0.05) is 32.2 Å². The van der Waals surface area contributed by atoms with Crippen LogP contribution in [0, 0.1) is 17.8 Å². The van der Waals surface area contributed by atoms with Crippen LogP contribution in [0.5, 0.6) is 0 Å². The number of nitrogens with zero attached hydrogens (tertiary/aromatic N) is 2. The number of hydrogen-bond acceptors (Lipinski definition) is 3. The largest absolute Gasteiger partial charge is 0.481 e. The summed E-state index contributed by atoms with van der Waals surface area (Å²) in [5.41, 5.74) is 0.897. The lowest BCUT2D eigenvalue weighted by Crippen LogP contribution is -2.53. The second-order valence-corrected chi connectivity index (χ2v) is 7.79. The summed E-state index contributed by atoms with van der Waals surface area (Å²) >= 11 is 0. The SMILES string of the molecule is C[C@@H]1[C@H](C(=O)O)CCCN1C(=O)[C@@H]1CN(Cc2ccccc2)C[C@H]1C(F)(F)F. The highest BCUT2D eigenvalue weighted by molar-refractivity contribution is 5.81. The van der Waals surface area contributed by atoms with Crippen LogP contribution in [-0.4, -0.2) is 58.6 Å². The number of amides is 1. The third kappa shape index (κ3) is 4.32. The fraction of sp³-hybridized carbons (Fsp3) is 0.600. The van der Waals surface area contributed by atoms with E-state index in [4.69, 9.17) is 0 Å². The molecule has 8 heteroatoms. The van der Waals surface area contributed by atoms with Gasteiger partial charge in [-0.05, 0) is 25.3 Å². The van der Waals surface area contributed by atoms with Crippen molar-refractivity contribution < 1.29 is 27.9 Å². The van der Waals surface area contributed by atoms with E-state index in [0.29, 0.717) is 25.9 Å². The second kappa shape index (κ2) is 8.11. The van der Waals surface area contributed by atoms with Gasteiger partial charge in [0.15, 0.2) is 0 Å². The lowest BCUT2D eigenvalue weighted by atomic mass is 9.87. The average Bonchev–Trinajstić information content (AvgIpc) is 3.06. The van der Waals surface area contributed by atoms with Gasteiger partial charge in [-0.25, -0.2) is 0 Å². The van der Waals surface area contributed by atoms with Crippen LogP contribution in [-0.2, 0) is 16.1 Å². The Labute approximate surface area is 162 Å². The summed E-state index contributed by atoms with van der Waals surface area (Å²) in [5, 5.41) is 9.33. The predicted molar refractivity (Wildman–Crippen MR) is 96.3 cm³/mol. The summed E-state index contributed by atoms with van der Waals surface area (Å²) in [5.74, 6) is -5.24. The summed E-state index contributed by atoms with van der Waals surface area (Å²) in [6, 6.07) is 8.60. The van der Waals surface area contributed by atoms with E-state index in [1.54, 1.807) is 11.8 Å². The number of carboxylic acid groups (broad SMARTS) is 1. The van der Waals surface area contributed by atoms with Crippen molar-refractivity contribution >= 4 is 11.9 Å². The number of alkyl halides is 3. The third-order valence-corrected chi connectivity index (χ3v) is 5.97. The fourth-order valence-electron chi connectivity index (χ4n) is 4.44. The molecule has 2 aliphatic heterocycles. The molecule has 28 heavy (non-hydrogen) atoms. The zero-order valence-corrected chi connectivity index (χ0v) is 15.7. The number of piperidine rings is 1. The topological polar surface area (TPSA) is 60.9 Å². The number of carboxylic acids is 1. The first-order valence-corrected chi connectivity index (χ1v) is 9.54. The average molecular weight is 398 g/mol. The molecule has 3 rings (SSSR count). The van der Waals surface area contributed by atoms with Gasteiger partial charge in [-0.15, -0.1) is 0 Å². The predicted octanol–water partition coefficient (Wildman–Crippen LogP) is 3.01. The number of likely N-dealkylation sites (tertiary alicyclic amines) is 2. The van der Waals surface area contributed by atoms with E-state index >= 15 is 0 Å². The fourth-order valence-corrected chi connectivity index (χ4v) is 4.44. The Bertz CT molecular complexity index is 710. The van der Waals surface area contributed by atoms with Crippen molar-refractivity contribution in [3.8, 4) is 0 Å². The van der Waals surface area contributed by atoms with E-state index in [0.717, 1.165) is 5.56 Å². The van der Waals surface area contributed by atoms with Crippen molar-refractivity contribution in [1.29, 1.82) is 0 Å². The molecule has 1 amide bonds. The van der Waals surface area contributed by atoms with E-state index in [2.05, 4.69) is 0 Å². The molecule has 154 valence electrons. The molecule has 0 spiro atoms. The van der Waals surface area contributed by atoms with E-state index in [1.165, 1.54) is 4.90 Å². The third-order valence-electron chi connectivity index (χ3n) is 5.97. The lowest BCUT2D eigenvalue weighted by Gasteiger charge is -2.39. The molecule has 2 heterocycles. The van der Waals surface area contributed by atoms with E-state index in [9.17, 15) is 27.9 Å². The number of hydrogen-bond donors (Lipinski definition) is 1. The van der Waals surface area contributed by atoms with Crippen LogP contribution in [0.4, 0.5) is 13.2 Å². The van der Waals surface area contributed by atoms with Gasteiger partial charge in [-0.2, -0.15) is 13.2 Å². The molecule has 1 N–H and O–H groups in total. The van der Waals surface area contributed by atoms with Crippen LogP contribution < -0.4 is 0 Å². The Hall–Kier alpha value is -2.09. The minimum Gasteiger partial charge on any atom is -0.481 e. The second-order valence-electron chi connectivity index (χ2n) is 7.79. The molecular weight excluding hydrogens is 373 g/mol. The molecular formula is C20H25F3N2O3. The molecule has 1 aromatic rings. The Kier molecular flexibility index (Phi) is 5.98. The van der Waals surface area contributed by atoms with Crippen LogP contribution in [0.2, 0.25) is 0 Å². The smallest absolute Gasteiger partial charge is 0.393 e. The molecule has 2 saturated heterocycles. The Morgan fingerprint density at radius 3 is 2.43 bits per heavy atom. The monoisotopic (exact) mass is 398 g/mol. The van der Waals surface area contributed by atoms with Crippen molar-refractivity contribution in [1.82, 2.24) is 9.80 Å². The lowest BCUT2D eigenvalue weighted by molar-refractivity contribution is -0.187.